The van der Waals surface area contributed by atoms with Gasteiger partial charge in [-0.2, -0.15) is 4.31 Å². The molecule has 6 heteroatoms. The molecule has 1 saturated heterocycles. The first kappa shape index (κ1) is 15.4. The molecule has 0 bridgehead atoms. The fourth-order valence-electron chi connectivity index (χ4n) is 2.98. The van der Waals surface area contributed by atoms with Crippen LogP contribution in [0.25, 0.3) is 10.9 Å². The van der Waals surface area contributed by atoms with E-state index in [4.69, 9.17) is 4.74 Å². The Kier molecular flexibility index (Phi) is 3.92. The summed E-state index contributed by atoms with van der Waals surface area (Å²) < 4.78 is 33.2. The molecule has 1 aromatic heterocycles. The van der Waals surface area contributed by atoms with Crippen LogP contribution in [0.4, 0.5) is 0 Å². The van der Waals surface area contributed by atoms with Crippen LogP contribution in [0, 0.1) is 6.92 Å². The van der Waals surface area contributed by atoms with Crippen molar-refractivity contribution in [1.29, 1.82) is 0 Å². The van der Waals surface area contributed by atoms with Crippen molar-refractivity contribution in [3.63, 3.8) is 0 Å². The van der Waals surface area contributed by atoms with Crippen LogP contribution in [0.3, 0.4) is 0 Å². The second-order valence-corrected chi connectivity index (χ2v) is 7.77. The highest BCUT2D eigenvalue weighted by atomic mass is 32.2. The van der Waals surface area contributed by atoms with E-state index in [1.54, 1.807) is 18.3 Å². The molecule has 2 aromatic rings. The third-order valence-electron chi connectivity index (χ3n) is 3.94. The maximum atomic E-state index is 13.0. The van der Waals surface area contributed by atoms with Gasteiger partial charge in [-0.3, -0.25) is 4.98 Å². The van der Waals surface area contributed by atoms with Gasteiger partial charge in [0.15, 0.2) is 0 Å². The van der Waals surface area contributed by atoms with E-state index in [1.165, 1.54) is 4.31 Å². The van der Waals surface area contributed by atoms with Gasteiger partial charge in [-0.05, 0) is 44.5 Å². The number of sulfonamides is 1. The van der Waals surface area contributed by atoms with Crippen molar-refractivity contribution in [2.24, 2.45) is 0 Å². The molecule has 1 fully saturated rings. The first-order chi connectivity index (χ1) is 10.4. The van der Waals surface area contributed by atoms with Crippen LogP contribution in [-0.2, 0) is 14.8 Å². The van der Waals surface area contributed by atoms with Crippen LogP contribution < -0.4 is 0 Å². The first-order valence-corrected chi connectivity index (χ1v) is 8.83. The topological polar surface area (TPSA) is 59.5 Å². The Morgan fingerprint density at radius 2 is 1.86 bits per heavy atom. The van der Waals surface area contributed by atoms with E-state index >= 15 is 0 Å². The molecule has 0 radical (unpaired) electrons. The molecule has 1 aromatic carbocycles. The second-order valence-electron chi connectivity index (χ2n) is 5.86. The summed E-state index contributed by atoms with van der Waals surface area (Å²) in [7, 11) is -3.56. The van der Waals surface area contributed by atoms with Gasteiger partial charge in [-0.25, -0.2) is 8.42 Å². The number of fused-ring (bicyclic) bond motifs is 1. The van der Waals surface area contributed by atoms with Crippen LogP contribution in [0.1, 0.15) is 19.4 Å². The van der Waals surface area contributed by atoms with Crippen molar-refractivity contribution in [3.05, 3.63) is 36.0 Å². The van der Waals surface area contributed by atoms with Crippen LogP contribution in [0.2, 0.25) is 0 Å². The van der Waals surface area contributed by atoms with Crippen molar-refractivity contribution in [3.8, 4) is 0 Å². The van der Waals surface area contributed by atoms with Crippen LogP contribution >= 0.6 is 0 Å². The van der Waals surface area contributed by atoms with Gasteiger partial charge in [0, 0.05) is 24.7 Å². The van der Waals surface area contributed by atoms with Gasteiger partial charge in [0.05, 0.1) is 22.6 Å². The number of ether oxygens (including phenoxy) is 1. The quantitative estimate of drug-likeness (QED) is 0.852. The molecular weight excluding hydrogens is 300 g/mol. The Bertz CT molecular complexity index is 794. The predicted molar refractivity (Wildman–Crippen MR) is 85.2 cm³/mol. The highest BCUT2D eigenvalue weighted by Gasteiger charge is 2.33. The molecule has 5 nitrogen and oxygen atoms in total. The Morgan fingerprint density at radius 1 is 1.18 bits per heavy atom. The van der Waals surface area contributed by atoms with Gasteiger partial charge in [-0.1, -0.05) is 6.07 Å². The van der Waals surface area contributed by atoms with E-state index in [9.17, 15) is 8.42 Å². The minimum Gasteiger partial charge on any atom is -0.373 e. The average Bonchev–Trinajstić information content (AvgIpc) is 2.46. The SMILES string of the molecule is Cc1ccc(S(=O)(=O)N2C[C@@H](C)O[C@H](C)C2)c2cccnc12. The molecule has 22 heavy (non-hydrogen) atoms. The van der Waals surface area contributed by atoms with Crippen molar-refractivity contribution >= 4 is 20.9 Å². The summed E-state index contributed by atoms with van der Waals surface area (Å²) in [6, 6.07) is 7.08. The molecule has 0 amide bonds. The summed E-state index contributed by atoms with van der Waals surface area (Å²) in [6.45, 7) is 6.48. The van der Waals surface area contributed by atoms with Crippen LogP contribution in [-0.4, -0.2) is 43.0 Å². The first-order valence-electron chi connectivity index (χ1n) is 7.39. The van der Waals surface area contributed by atoms with Gasteiger partial charge in [0.2, 0.25) is 10.0 Å². The number of rotatable bonds is 2. The molecule has 1 aliphatic heterocycles. The highest BCUT2D eigenvalue weighted by molar-refractivity contribution is 7.89. The lowest BCUT2D eigenvalue weighted by molar-refractivity contribution is -0.0440. The number of pyridine rings is 1. The maximum Gasteiger partial charge on any atom is 0.243 e. The van der Waals surface area contributed by atoms with E-state index in [0.717, 1.165) is 11.1 Å². The highest BCUT2D eigenvalue weighted by Crippen LogP contribution is 2.28. The van der Waals surface area contributed by atoms with E-state index in [-0.39, 0.29) is 12.2 Å². The lowest BCUT2D eigenvalue weighted by Gasteiger charge is -2.34. The fourth-order valence-corrected chi connectivity index (χ4v) is 4.75. The Hall–Kier alpha value is -1.50. The molecule has 0 N–H and O–H groups in total. The third-order valence-corrected chi connectivity index (χ3v) is 5.83. The molecule has 0 saturated carbocycles. The number of aromatic nitrogens is 1. The van der Waals surface area contributed by atoms with Gasteiger partial charge in [-0.15, -0.1) is 0 Å². The zero-order chi connectivity index (χ0) is 15.9. The summed E-state index contributed by atoms with van der Waals surface area (Å²) in [6.07, 6.45) is 1.48. The van der Waals surface area contributed by atoms with Crippen molar-refractivity contribution in [2.45, 2.75) is 37.9 Å². The smallest absolute Gasteiger partial charge is 0.243 e. The van der Waals surface area contributed by atoms with Crippen molar-refractivity contribution in [2.75, 3.05) is 13.1 Å². The summed E-state index contributed by atoms with van der Waals surface area (Å²) in [5, 5.41) is 0.675. The zero-order valence-corrected chi connectivity index (χ0v) is 13.8. The van der Waals surface area contributed by atoms with Crippen LogP contribution in [0.5, 0.6) is 0 Å². The van der Waals surface area contributed by atoms with Gasteiger partial charge in [0.25, 0.3) is 0 Å². The average molecular weight is 320 g/mol. The molecule has 118 valence electrons. The molecule has 0 aliphatic carbocycles. The summed E-state index contributed by atoms with van der Waals surface area (Å²) in [5.74, 6) is 0. The normalized spacial score (nSPS) is 23.8. The lowest BCUT2D eigenvalue weighted by Crippen LogP contribution is -2.48. The lowest BCUT2D eigenvalue weighted by atomic mass is 10.1. The molecule has 1 aliphatic rings. The minimum atomic E-state index is -3.56. The standard InChI is InChI=1S/C16H20N2O3S/c1-11-6-7-15(14-5-4-8-17-16(11)14)22(19,20)18-9-12(2)21-13(3)10-18/h4-8,12-13H,9-10H2,1-3H3/t12-,13-/m1/s1. The number of hydrogen-bond acceptors (Lipinski definition) is 4. The third kappa shape index (κ3) is 2.62. The van der Waals surface area contributed by atoms with Crippen molar-refractivity contribution < 1.29 is 13.2 Å². The van der Waals surface area contributed by atoms with E-state index < -0.39 is 10.0 Å². The molecule has 0 unspecified atom stereocenters. The number of nitrogens with zero attached hydrogens (tertiary/aromatic N) is 2. The predicted octanol–water partition coefficient (Wildman–Crippen LogP) is 2.34. The van der Waals surface area contributed by atoms with E-state index in [2.05, 4.69) is 4.98 Å². The van der Waals surface area contributed by atoms with Gasteiger partial charge >= 0.3 is 0 Å². The Labute approximate surface area is 131 Å². The fraction of sp³-hybridized carbons (Fsp3) is 0.438. The number of morpholine rings is 1. The summed E-state index contributed by atoms with van der Waals surface area (Å²) in [5.41, 5.74) is 1.70. The van der Waals surface area contributed by atoms with Gasteiger partial charge in [0.1, 0.15) is 0 Å². The maximum absolute atomic E-state index is 13.0. The summed E-state index contributed by atoms with van der Waals surface area (Å²) in [4.78, 5) is 4.64. The minimum absolute atomic E-state index is 0.103. The summed E-state index contributed by atoms with van der Waals surface area (Å²) >= 11 is 0. The Morgan fingerprint density at radius 3 is 2.55 bits per heavy atom. The number of hydrogen-bond donors (Lipinski definition) is 0. The Balaban J connectivity index is 2.12. The molecular formula is C16H20N2O3S. The monoisotopic (exact) mass is 320 g/mol. The molecule has 2 heterocycles. The van der Waals surface area contributed by atoms with Crippen LogP contribution in [0.15, 0.2) is 35.4 Å². The number of benzene rings is 1. The zero-order valence-electron chi connectivity index (χ0n) is 13.0. The largest absolute Gasteiger partial charge is 0.373 e. The van der Waals surface area contributed by atoms with Gasteiger partial charge < -0.3 is 4.74 Å². The molecule has 3 rings (SSSR count). The van der Waals surface area contributed by atoms with Crippen molar-refractivity contribution in [1.82, 2.24) is 9.29 Å². The van der Waals surface area contributed by atoms with E-state index in [1.807, 2.05) is 32.9 Å². The van der Waals surface area contributed by atoms with E-state index in [0.29, 0.717) is 23.4 Å². The second kappa shape index (κ2) is 5.61. The molecule has 0 spiro atoms. The number of aryl methyl sites for hydroxylation is 1. The molecule has 2 atom stereocenters.